The summed E-state index contributed by atoms with van der Waals surface area (Å²) in [5.41, 5.74) is 1.83. The van der Waals surface area contributed by atoms with E-state index in [1.165, 1.54) is 0 Å². The molecule has 0 atom stereocenters. The van der Waals surface area contributed by atoms with Crippen molar-refractivity contribution in [3.8, 4) is 5.69 Å². The molecular weight excluding hydrogens is 274 g/mol. The van der Waals surface area contributed by atoms with Crippen molar-refractivity contribution >= 4 is 16.7 Å². The van der Waals surface area contributed by atoms with Crippen molar-refractivity contribution in [1.29, 1.82) is 0 Å². The van der Waals surface area contributed by atoms with E-state index in [1.807, 2.05) is 34.9 Å². The van der Waals surface area contributed by atoms with Gasteiger partial charge in [-0.3, -0.25) is 14.3 Å². The Bertz CT molecular complexity index is 838. The van der Waals surface area contributed by atoms with Gasteiger partial charge in [-0.15, -0.1) is 0 Å². The minimum Gasteiger partial charge on any atom is -0.371 e. The Morgan fingerprint density at radius 3 is 2.68 bits per heavy atom. The molecule has 2 heterocycles. The van der Waals surface area contributed by atoms with Crippen LogP contribution in [0.4, 0.5) is 5.82 Å². The molecule has 1 N–H and O–H groups in total. The number of hydrogen-bond acceptors (Lipinski definition) is 3. The van der Waals surface area contributed by atoms with Gasteiger partial charge in [-0.2, -0.15) is 0 Å². The van der Waals surface area contributed by atoms with Gasteiger partial charge in [0, 0.05) is 29.9 Å². The fourth-order valence-electron chi connectivity index (χ4n) is 2.46. The second kappa shape index (κ2) is 6.02. The number of benzene rings is 1. The lowest BCUT2D eigenvalue weighted by Crippen LogP contribution is -2.17. The van der Waals surface area contributed by atoms with E-state index in [-0.39, 0.29) is 5.43 Å². The van der Waals surface area contributed by atoms with Gasteiger partial charge in [0.1, 0.15) is 5.82 Å². The number of nitrogens with one attached hydrogen (secondary N) is 1. The van der Waals surface area contributed by atoms with Gasteiger partial charge in [0.25, 0.3) is 0 Å². The molecule has 0 spiro atoms. The number of rotatable bonds is 4. The van der Waals surface area contributed by atoms with Crippen LogP contribution >= 0.6 is 0 Å². The predicted molar refractivity (Wildman–Crippen MR) is 90.7 cm³/mol. The molecule has 0 aliphatic rings. The Hall–Kier alpha value is -2.62. The standard InChI is InChI=1S/C18H19N3O/c1-13(2)11-20-18-10-17(22)15-8-9-19-12-16(15)21(18)14-6-4-3-5-7-14/h3-10,12-13,20H,11H2,1-2H3. The number of pyridine rings is 2. The molecule has 112 valence electrons. The first-order valence-corrected chi connectivity index (χ1v) is 7.46. The molecule has 0 aliphatic heterocycles. The summed E-state index contributed by atoms with van der Waals surface area (Å²) in [7, 11) is 0. The van der Waals surface area contributed by atoms with E-state index >= 15 is 0 Å². The van der Waals surface area contributed by atoms with Crippen molar-refractivity contribution in [2.24, 2.45) is 5.92 Å². The molecule has 0 bridgehead atoms. The molecule has 0 amide bonds. The smallest absolute Gasteiger partial charge is 0.191 e. The molecule has 4 heteroatoms. The zero-order valence-electron chi connectivity index (χ0n) is 12.8. The lowest BCUT2D eigenvalue weighted by molar-refractivity contribution is 0.685. The van der Waals surface area contributed by atoms with Crippen LogP contribution in [0.5, 0.6) is 0 Å². The van der Waals surface area contributed by atoms with Crippen molar-refractivity contribution in [1.82, 2.24) is 9.55 Å². The Morgan fingerprint density at radius 2 is 1.95 bits per heavy atom. The summed E-state index contributed by atoms with van der Waals surface area (Å²) in [4.78, 5) is 16.5. The Morgan fingerprint density at radius 1 is 1.18 bits per heavy atom. The lowest BCUT2D eigenvalue weighted by atomic mass is 10.2. The van der Waals surface area contributed by atoms with Crippen molar-refractivity contribution < 1.29 is 0 Å². The molecular formula is C18H19N3O. The van der Waals surface area contributed by atoms with Gasteiger partial charge in [-0.05, 0) is 24.1 Å². The average Bonchev–Trinajstić information content (AvgIpc) is 2.54. The van der Waals surface area contributed by atoms with Crippen LogP contribution in [0.1, 0.15) is 13.8 Å². The third kappa shape index (κ3) is 2.72. The van der Waals surface area contributed by atoms with Crippen LogP contribution in [0, 0.1) is 5.92 Å². The molecule has 0 radical (unpaired) electrons. The van der Waals surface area contributed by atoms with E-state index < -0.39 is 0 Å². The Kier molecular flexibility index (Phi) is 3.92. The van der Waals surface area contributed by atoms with Crippen molar-refractivity contribution in [3.63, 3.8) is 0 Å². The number of fused-ring (bicyclic) bond motifs is 1. The van der Waals surface area contributed by atoms with Gasteiger partial charge in [0.2, 0.25) is 0 Å². The van der Waals surface area contributed by atoms with Crippen molar-refractivity contribution in [2.45, 2.75) is 13.8 Å². The summed E-state index contributed by atoms with van der Waals surface area (Å²) in [6.07, 6.45) is 3.39. The molecule has 0 unspecified atom stereocenters. The summed E-state index contributed by atoms with van der Waals surface area (Å²) >= 11 is 0. The zero-order chi connectivity index (χ0) is 15.5. The van der Waals surface area contributed by atoms with Gasteiger partial charge < -0.3 is 5.32 Å². The predicted octanol–water partition coefficient (Wildman–Crippen LogP) is 3.45. The molecule has 0 aliphatic carbocycles. The summed E-state index contributed by atoms with van der Waals surface area (Å²) in [5, 5.41) is 4.05. The van der Waals surface area contributed by atoms with Crippen LogP contribution in [-0.4, -0.2) is 16.1 Å². The summed E-state index contributed by atoms with van der Waals surface area (Å²) in [5.74, 6) is 1.29. The first-order chi connectivity index (χ1) is 10.7. The van der Waals surface area contributed by atoms with Crippen LogP contribution in [0.25, 0.3) is 16.6 Å². The van der Waals surface area contributed by atoms with Gasteiger partial charge in [0.05, 0.1) is 11.7 Å². The Labute approximate surface area is 129 Å². The van der Waals surface area contributed by atoms with E-state index in [2.05, 4.69) is 24.1 Å². The summed E-state index contributed by atoms with van der Waals surface area (Å²) in [6.45, 7) is 5.08. The minimum atomic E-state index is 0.0100. The maximum atomic E-state index is 12.3. The SMILES string of the molecule is CC(C)CNc1cc(=O)c2ccncc2n1-c1ccccc1. The molecule has 1 aromatic carbocycles. The molecule has 0 saturated carbocycles. The van der Waals surface area contributed by atoms with E-state index in [4.69, 9.17) is 0 Å². The highest BCUT2D eigenvalue weighted by molar-refractivity contribution is 5.82. The number of aromatic nitrogens is 2. The highest BCUT2D eigenvalue weighted by Gasteiger charge is 2.11. The van der Waals surface area contributed by atoms with E-state index in [0.29, 0.717) is 11.3 Å². The van der Waals surface area contributed by atoms with Crippen LogP contribution in [-0.2, 0) is 0 Å². The number of nitrogens with zero attached hydrogens (tertiary/aromatic N) is 2. The van der Waals surface area contributed by atoms with Crippen LogP contribution in [0.15, 0.2) is 59.7 Å². The molecule has 4 nitrogen and oxygen atoms in total. The van der Waals surface area contributed by atoms with E-state index in [1.54, 1.807) is 24.5 Å². The van der Waals surface area contributed by atoms with E-state index in [0.717, 1.165) is 23.6 Å². The Balaban J connectivity index is 2.27. The van der Waals surface area contributed by atoms with Crippen LogP contribution in [0.2, 0.25) is 0 Å². The molecule has 0 fully saturated rings. The fourth-order valence-corrected chi connectivity index (χ4v) is 2.46. The molecule has 0 saturated heterocycles. The third-order valence-electron chi connectivity index (χ3n) is 3.52. The van der Waals surface area contributed by atoms with Crippen LogP contribution in [0.3, 0.4) is 0 Å². The van der Waals surface area contributed by atoms with Crippen LogP contribution < -0.4 is 10.7 Å². The first-order valence-electron chi connectivity index (χ1n) is 7.46. The lowest BCUT2D eigenvalue weighted by Gasteiger charge is -2.18. The zero-order valence-corrected chi connectivity index (χ0v) is 12.8. The largest absolute Gasteiger partial charge is 0.371 e. The first kappa shape index (κ1) is 14.3. The van der Waals surface area contributed by atoms with Gasteiger partial charge in [-0.25, -0.2) is 0 Å². The van der Waals surface area contributed by atoms with Crippen molar-refractivity contribution in [2.75, 3.05) is 11.9 Å². The van der Waals surface area contributed by atoms with E-state index in [9.17, 15) is 4.79 Å². The van der Waals surface area contributed by atoms with Crippen molar-refractivity contribution in [3.05, 3.63) is 65.1 Å². The molecule has 3 aromatic rings. The summed E-state index contributed by atoms with van der Waals surface area (Å²) < 4.78 is 2.05. The number of anilines is 1. The summed E-state index contributed by atoms with van der Waals surface area (Å²) in [6, 6.07) is 13.4. The second-order valence-electron chi connectivity index (χ2n) is 5.73. The normalized spacial score (nSPS) is 11.0. The number of para-hydroxylation sites is 1. The highest BCUT2D eigenvalue weighted by atomic mass is 16.1. The van der Waals surface area contributed by atoms with Gasteiger partial charge in [-0.1, -0.05) is 32.0 Å². The maximum absolute atomic E-state index is 12.3. The topological polar surface area (TPSA) is 46.9 Å². The number of hydrogen-bond donors (Lipinski definition) is 1. The average molecular weight is 293 g/mol. The second-order valence-corrected chi connectivity index (χ2v) is 5.73. The molecule has 22 heavy (non-hydrogen) atoms. The third-order valence-corrected chi connectivity index (χ3v) is 3.52. The monoisotopic (exact) mass is 293 g/mol. The maximum Gasteiger partial charge on any atom is 0.191 e. The highest BCUT2D eigenvalue weighted by Crippen LogP contribution is 2.21. The van der Waals surface area contributed by atoms with Gasteiger partial charge >= 0.3 is 0 Å². The minimum absolute atomic E-state index is 0.0100. The molecule has 2 aromatic heterocycles. The molecule has 3 rings (SSSR count). The van der Waals surface area contributed by atoms with Gasteiger partial charge in [0.15, 0.2) is 5.43 Å². The fraction of sp³-hybridized carbons (Fsp3) is 0.222. The quantitative estimate of drug-likeness (QED) is 0.801.